The number of aromatic nitrogens is 3. The first-order valence-corrected chi connectivity index (χ1v) is 9.45. The summed E-state index contributed by atoms with van der Waals surface area (Å²) in [6.45, 7) is 3.45. The zero-order valence-corrected chi connectivity index (χ0v) is 14.5. The zero-order chi connectivity index (χ0) is 16.1. The van der Waals surface area contributed by atoms with Gasteiger partial charge in [-0.05, 0) is 44.6 Å². The van der Waals surface area contributed by atoms with Crippen LogP contribution in [0.5, 0.6) is 0 Å². The number of pyridine rings is 1. The summed E-state index contributed by atoms with van der Waals surface area (Å²) in [6.07, 6.45) is 7.87. The van der Waals surface area contributed by atoms with Crippen LogP contribution in [0, 0.1) is 0 Å². The molecular formula is C16H24N6S. The molecule has 0 radical (unpaired) electrons. The molecule has 2 aromatic heterocycles. The van der Waals surface area contributed by atoms with Crippen LogP contribution < -0.4 is 10.6 Å². The molecule has 0 aliphatic heterocycles. The number of hydrogen-bond acceptors (Lipinski definition) is 4. The molecule has 0 amide bonds. The van der Waals surface area contributed by atoms with E-state index in [0.717, 1.165) is 29.2 Å². The van der Waals surface area contributed by atoms with Crippen LogP contribution in [0.3, 0.4) is 0 Å². The Kier molecular flexibility index (Phi) is 5.38. The minimum atomic E-state index is 0.513. The first-order chi connectivity index (χ1) is 11.3. The highest BCUT2D eigenvalue weighted by atomic mass is 32.2. The summed E-state index contributed by atoms with van der Waals surface area (Å²) < 4.78 is 1.98. The summed E-state index contributed by atoms with van der Waals surface area (Å²) in [5.74, 6) is 1.72. The lowest BCUT2D eigenvalue weighted by molar-refractivity contribution is 0.614. The van der Waals surface area contributed by atoms with Crippen molar-refractivity contribution in [3.8, 4) is 0 Å². The van der Waals surface area contributed by atoms with E-state index < -0.39 is 0 Å². The van der Waals surface area contributed by atoms with Crippen molar-refractivity contribution < 1.29 is 0 Å². The van der Waals surface area contributed by atoms with E-state index in [9.17, 15) is 0 Å². The summed E-state index contributed by atoms with van der Waals surface area (Å²) in [5, 5.41) is 16.1. The van der Waals surface area contributed by atoms with Gasteiger partial charge in [-0.3, -0.25) is 4.40 Å². The van der Waals surface area contributed by atoms with Gasteiger partial charge in [0.2, 0.25) is 0 Å². The average molecular weight is 332 g/mol. The molecule has 6 nitrogen and oxygen atoms in total. The molecule has 0 saturated heterocycles. The van der Waals surface area contributed by atoms with E-state index in [1.54, 1.807) is 0 Å². The van der Waals surface area contributed by atoms with Gasteiger partial charge in [0.15, 0.2) is 17.4 Å². The standard InChI is InChI=1S/C16H24N6S/c1-3-17-16(19-12-7-8-13(10-12)23-2)18-11-15-21-20-14-6-4-5-9-22(14)15/h4-6,9,12-13H,3,7-8,10-11H2,1-2H3,(H2,17,18,19). The molecule has 1 fully saturated rings. The van der Waals surface area contributed by atoms with Crippen molar-refractivity contribution in [3.05, 3.63) is 30.2 Å². The first kappa shape index (κ1) is 16.1. The van der Waals surface area contributed by atoms with Crippen LogP contribution in [-0.2, 0) is 6.54 Å². The van der Waals surface area contributed by atoms with E-state index in [2.05, 4.69) is 39.0 Å². The van der Waals surface area contributed by atoms with Crippen LogP contribution in [-0.4, -0.2) is 44.6 Å². The van der Waals surface area contributed by atoms with Crippen molar-refractivity contribution in [2.45, 2.75) is 44.0 Å². The Balaban J connectivity index is 1.67. The van der Waals surface area contributed by atoms with Gasteiger partial charge in [0.25, 0.3) is 0 Å². The van der Waals surface area contributed by atoms with E-state index in [-0.39, 0.29) is 0 Å². The highest BCUT2D eigenvalue weighted by Gasteiger charge is 2.24. The number of nitrogens with one attached hydrogen (secondary N) is 2. The third-order valence-corrected chi connectivity index (χ3v) is 5.26. The van der Waals surface area contributed by atoms with Gasteiger partial charge < -0.3 is 10.6 Å². The number of fused-ring (bicyclic) bond motifs is 1. The minimum absolute atomic E-state index is 0.513. The summed E-state index contributed by atoms with van der Waals surface area (Å²) in [6, 6.07) is 6.41. The molecule has 1 aliphatic carbocycles. The monoisotopic (exact) mass is 332 g/mol. The third kappa shape index (κ3) is 3.96. The van der Waals surface area contributed by atoms with Gasteiger partial charge in [-0.25, -0.2) is 4.99 Å². The van der Waals surface area contributed by atoms with Gasteiger partial charge in [-0.1, -0.05) is 6.07 Å². The Morgan fingerprint density at radius 1 is 1.39 bits per heavy atom. The first-order valence-electron chi connectivity index (χ1n) is 8.16. The lowest BCUT2D eigenvalue weighted by Crippen LogP contribution is -2.42. The van der Waals surface area contributed by atoms with Gasteiger partial charge in [-0.2, -0.15) is 11.8 Å². The fourth-order valence-electron chi connectivity index (χ4n) is 2.95. The molecule has 0 aromatic carbocycles. The molecule has 124 valence electrons. The van der Waals surface area contributed by atoms with E-state index >= 15 is 0 Å². The van der Waals surface area contributed by atoms with Crippen molar-refractivity contribution in [2.75, 3.05) is 12.8 Å². The maximum atomic E-state index is 4.68. The predicted octanol–water partition coefficient (Wildman–Crippen LogP) is 2.07. The van der Waals surface area contributed by atoms with Gasteiger partial charge in [0.05, 0.1) is 0 Å². The number of guanidine groups is 1. The Morgan fingerprint density at radius 3 is 3.09 bits per heavy atom. The van der Waals surface area contributed by atoms with E-state index in [0.29, 0.717) is 12.6 Å². The lowest BCUT2D eigenvalue weighted by Gasteiger charge is -2.17. The molecular weight excluding hydrogens is 308 g/mol. The number of rotatable bonds is 5. The van der Waals surface area contributed by atoms with Crippen LogP contribution in [0.2, 0.25) is 0 Å². The van der Waals surface area contributed by atoms with E-state index in [4.69, 9.17) is 0 Å². The summed E-state index contributed by atoms with van der Waals surface area (Å²) in [7, 11) is 0. The van der Waals surface area contributed by atoms with Crippen molar-refractivity contribution >= 4 is 23.4 Å². The maximum Gasteiger partial charge on any atom is 0.191 e. The highest BCUT2D eigenvalue weighted by Crippen LogP contribution is 2.28. The lowest BCUT2D eigenvalue weighted by atomic mass is 10.2. The highest BCUT2D eigenvalue weighted by molar-refractivity contribution is 7.99. The quantitative estimate of drug-likeness (QED) is 0.648. The molecule has 2 N–H and O–H groups in total. The number of aliphatic imine (C=N–C) groups is 1. The second-order valence-electron chi connectivity index (χ2n) is 5.75. The number of nitrogens with zero attached hydrogens (tertiary/aromatic N) is 4. The van der Waals surface area contributed by atoms with Crippen LogP contribution in [0.15, 0.2) is 29.4 Å². The van der Waals surface area contributed by atoms with Crippen LogP contribution >= 0.6 is 11.8 Å². The van der Waals surface area contributed by atoms with Crippen molar-refractivity contribution in [3.63, 3.8) is 0 Å². The van der Waals surface area contributed by atoms with Crippen LogP contribution in [0.1, 0.15) is 32.0 Å². The second-order valence-corrected chi connectivity index (χ2v) is 6.89. The Morgan fingerprint density at radius 2 is 2.30 bits per heavy atom. The molecule has 23 heavy (non-hydrogen) atoms. The van der Waals surface area contributed by atoms with Gasteiger partial charge in [0.1, 0.15) is 6.54 Å². The summed E-state index contributed by atoms with van der Waals surface area (Å²) in [4.78, 5) is 4.68. The van der Waals surface area contributed by atoms with Crippen molar-refractivity contribution in [2.24, 2.45) is 4.99 Å². The zero-order valence-electron chi connectivity index (χ0n) is 13.7. The van der Waals surface area contributed by atoms with Crippen molar-refractivity contribution in [1.82, 2.24) is 25.2 Å². The average Bonchev–Trinajstić information content (AvgIpc) is 3.19. The molecule has 2 aromatic rings. The minimum Gasteiger partial charge on any atom is -0.357 e. The van der Waals surface area contributed by atoms with E-state index in [1.807, 2.05) is 40.6 Å². The third-order valence-electron chi connectivity index (χ3n) is 4.17. The largest absolute Gasteiger partial charge is 0.357 e. The van der Waals surface area contributed by atoms with Gasteiger partial charge in [-0.15, -0.1) is 10.2 Å². The molecule has 7 heteroatoms. The normalized spacial score (nSPS) is 21.7. The van der Waals surface area contributed by atoms with Gasteiger partial charge in [0, 0.05) is 24.0 Å². The summed E-state index contributed by atoms with van der Waals surface area (Å²) >= 11 is 1.97. The Hall–Kier alpha value is -1.76. The van der Waals surface area contributed by atoms with Crippen molar-refractivity contribution in [1.29, 1.82) is 0 Å². The fraction of sp³-hybridized carbons (Fsp3) is 0.562. The Bertz CT molecular complexity index is 667. The predicted molar refractivity (Wildman–Crippen MR) is 95.9 cm³/mol. The van der Waals surface area contributed by atoms with E-state index in [1.165, 1.54) is 19.3 Å². The second kappa shape index (κ2) is 7.68. The smallest absolute Gasteiger partial charge is 0.191 e. The van der Waals surface area contributed by atoms with Crippen LogP contribution in [0.25, 0.3) is 5.65 Å². The SMILES string of the molecule is CCNC(=NCc1nnc2ccccn12)NC1CCC(SC)C1. The molecule has 2 atom stereocenters. The summed E-state index contributed by atoms with van der Waals surface area (Å²) in [5.41, 5.74) is 0.856. The fourth-order valence-corrected chi connectivity index (χ4v) is 3.74. The molecule has 2 unspecified atom stereocenters. The Labute approximate surface area is 141 Å². The topological polar surface area (TPSA) is 66.6 Å². The molecule has 1 aliphatic rings. The maximum absolute atomic E-state index is 4.68. The van der Waals surface area contributed by atoms with Gasteiger partial charge >= 0.3 is 0 Å². The molecule has 0 spiro atoms. The number of thioether (sulfide) groups is 1. The molecule has 0 bridgehead atoms. The molecule has 2 heterocycles. The number of hydrogen-bond donors (Lipinski definition) is 2. The van der Waals surface area contributed by atoms with Crippen LogP contribution in [0.4, 0.5) is 0 Å². The molecule has 1 saturated carbocycles. The molecule has 3 rings (SSSR count).